The summed E-state index contributed by atoms with van der Waals surface area (Å²) in [6.45, 7) is 0.127. The van der Waals surface area contributed by atoms with E-state index in [1.54, 1.807) is 12.1 Å². The molecule has 15 heavy (non-hydrogen) atoms. The van der Waals surface area contributed by atoms with Gasteiger partial charge in [-0.05, 0) is 35.4 Å². The summed E-state index contributed by atoms with van der Waals surface area (Å²) in [7, 11) is 0. The molecule has 0 aromatic carbocycles. The fraction of sp³-hybridized carbons (Fsp3) is 0.500. The fourth-order valence-corrected chi connectivity index (χ4v) is 1.46. The van der Waals surface area contributed by atoms with E-state index < -0.39 is 0 Å². The predicted molar refractivity (Wildman–Crippen MR) is 51.3 cm³/mol. The second-order valence-electron chi connectivity index (χ2n) is 3.81. The van der Waals surface area contributed by atoms with E-state index in [1.807, 2.05) is 0 Å². The van der Waals surface area contributed by atoms with Crippen LogP contribution in [0.3, 0.4) is 0 Å². The third-order valence-electron chi connectivity index (χ3n) is 2.62. The molecule has 1 aliphatic carbocycles. The van der Waals surface area contributed by atoms with Gasteiger partial charge >= 0.3 is 0 Å². The molecule has 1 aliphatic rings. The van der Waals surface area contributed by atoms with Gasteiger partial charge in [-0.2, -0.15) is 0 Å². The maximum Gasteiger partial charge on any atom is 0.200 e. The van der Waals surface area contributed by atoms with E-state index in [0.717, 1.165) is 12.8 Å². The molecule has 7 heteroatoms. The van der Waals surface area contributed by atoms with Gasteiger partial charge in [0.1, 0.15) is 5.82 Å². The zero-order chi connectivity index (χ0) is 10.3. The van der Waals surface area contributed by atoms with Gasteiger partial charge < -0.3 is 10.4 Å². The molecule has 0 unspecified atom stereocenters. The maximum atomic E-state index is 9.15. The van der Waals surface area contributed by atoms with Crippen molar-refractivity contribution in [3.63, 3.8) is 0 Å². The highest BCUT2D eigenvalue weighted by atomic mass is 16.3. The Morgan fingerprint density at radius 3 is 3.07 bits per heavy atom. The lowest BCUT2D eigenvalue weighted by Gasteiger charge is -2.13. The summed E-state index contributed by atoms with van der Waals surface area (Å²) in [5.74, 6) is 0.682. The van der Waals surface area contributed by atoms with E-state index in [9.17, 15) is 0 Å². The summed E-state index contributed by atoms with van der Waals surface area (Å²) >= 11 is 0. The van der Waals surface area contributed by atoms with Crippen molar-refractivity contribution in [3.05, 3.63) is 12.1 Å². The predicted octanol–water partition coefficient (Wildman–Crippen LogP) is -0.544. The topological polar surface area (TPSA) is 88.2 Å². The Kier molecular flexibility index (Phi) is 1.63. The van der Waals surface area contributed by atoms with Crippen molar-refractivity contribution in [2.24, 2.45) is 0 Å². The molecule has 2 aromatic rings. The molecule has 0 saturated heterocycles. The summed E-state index contributed by atoms with van der Waals surface area (Å²) in [6, 6.07) is 3.59. The van der Waals surface area contributed by atoms with Crippen molar-refractivity contribution >= 4 is 11.5 Å². The van der Waals surface area contributed by atoms with Crippen LogP contribution in [-0.2, 0) is 0 Å². The molecule has 0 radical (unpaired) electrons. The van der Waals surface area contributed by atoms with Crippen molar-refractivity contribution in [2.45, 2.75) is 18.4 Å². The molecule has 0 atom stereocenters. The maximum absolute atomic E-state index is 9.15. The van der Waals surface area contributed by atoms with Gasteiger partial charge in [0.25, 0.3) is 0 Å². The first-order valence-electron chi connectivity index (χ1n) is 4.76. The molecule has 0 spiro atoms. The number of nitrogens with zero attached hydrogens (tertiary/aromatic N) is 5. The smallest absolute Gasteiger partial charge is 0.200 e. The molecule has 7 nitrogen and oxygen atoms in total. The number of tetrazole rings is 1. The minimum atomic E-state index is -0.172. The summed E-state index contributed by atoms with van der Waals surface area (Å²) in [5.41, 5.74) is 0.434. The Bertz CT molecular complexity index is 491. The number of rotatable bonds is 3. The van der Waals surface area contributed by atoms with Crippen LogP contribution in [0.5, 0.6) is 0 Å². The van der Waals surface area contributed by atoms with Gasteiger partial charge in [-0.1, -0.05) is 0 Å². The van der Waals surface area contributed by atoms with Gasteiger partial charge in [0, 0.05) is 0 Å². The molecule has 0 bridgehead atoms. The first-order valence-corrected chi connectivity index (χ1v) is 4.76. The van der Waals surface area contributed by atoms with Gasteiger partial charge in [-0.15, -0.1) is 14.8 Å². The van der Waals surface area contributed by atoms with Gasteiger partial charge in [0.05, 0.1) is 12.1 Å². The van der Waals surface area contributed by atoms with Crippen molar-refractivity contribution < 1.29 is 5.11 Å². The minimum Gasteiger partial charge on any atom is -0.394 e. The highest BCUT2D eigenvalue weighted by molar-refractivity contribution is 5.45. The van der Waals surface area contributed by atoms with Crippen molar-refractivity contribution in [2.75, 3.05) is 11.9 Å². The average Bonchev–Trinajstić information content (AvgIpc) is 2.88. The number of hydrogen-bond donors (Lipinski definition) is 2. The van der Waals surface area contributed by atoms with Crippen LogP contribution in [-0.4, -0.2) is 42.5 Å². The number of nitrogens with one attached hydrogen (secondary N) is 1. The van der Waals surface area contributed by atoms with Crippen LogP contribution in [0.15, 0.2) is 12.1 Å². The van der Waals surface area contributed by atoms with Crippen molar-refractivity contribution in [3.8, 4) is 0 Å². The normalized spacial score (nSPS) is 17.9. The Morgan fingerprint density at radius 2 is 2.33 bits per heavy atom. The SMILES string of the molecule is OCC1(Nc2ccc3nnnn3n2)CC1. The number of aliphatic hydroxyl groups is 1. The standard InChI is InChI=1S/C8H10N6O/c15-5-8(3-4-8)9-6-1-2-7-10-12-13-14(7)11-6/h1-2,15H,3-5H2,(H,9,11). The largest absolute Gasteiger partial charge is 0.394 e. The number of aromatic nitrogens is 5. The van der Waals surface area contributed by atoms with Crippen LogP contribution in [0.1, 0.15) is 12.8 Å². The molecule has 0 amide bonds. The molecule has 78 valence electrons. The Morgan fingerprint density at radius 1 is 1.47 bits per heavy atom. The van der Waals surface area contributed by atoms with E-state index in [4.69, 9.17) is 5.11 Å². The van der Waals surface area contributed by atoms with E-state index >= 15 is 0 Å². The molecular formula is C8H10N6O. The van der Waals surface area contributed by atoms with E-state index in [0.29, 0.717) is 11.5 Å². The average molecular weight is 206 g/mol. The third kappa shape index (κ3) is 1.40. The number of aliphatic hydroxyl groups excluding tert-OH is 1. The molecule has 1 fully saturated rings. The van der Waals surface area contributed by atoms with Gasteiger partial charge in [0.2, 0.25) is 0 Å². The molecule has 3 rings (SSSR count). The molecular weight excluding hydrogens is 196 g/mol. The lowest BCUT2D eigenvalue weighted by atomic mass is 10.3. The highest BCUT2D eigenvalue weighted by Crippen LogP contribution is 2.37. The summed E-state index contributed by atoms with van der Waals surface area (Å²) in [6.07, 6.45) is 1.94. The summed E-state index contributed by atoms with van der Waals surface area (Å²) < 4.78 is 1.36. The van der Waals surface area contributed by atoms with Crippen LogP contribution in [0.25, 0.3) is 5.65 Å². The van der Waals surface area contributed by atoms with Crippen LogP contribution in [0, 0.1) is 0 Å². The van der Waals surface area contributed by atoms with Crippen molar-refractivity contribution in [1.82, 2.24) is 25.3 Å². The number of fused-ring (bicyclic) bond motifs is 1. The zero-order valence-electron chi connectivity index (χ0n) is 7.96. The van der Waals surface area contributed by atoms with E-state index in [1.165, 1.54) is 4.63 Å². The van der Waals surface area contributed by atoms with Crippen LogP contribution >= 0.6 is 0 Å². The van der Waals surface area contributed by atoms with Gasteiger partial charge in [0.15, 0.2) is 5.65 Å². The van der Waals surface area contributed by atoms with Gasteiger partial charge in [-0.3, -0.25) is 0 Å². The second kappa shape index (κ2) is 2.86. The third-order valence-corrected chi connectivity index (χ3v) is 2.62. The molecule has 2 heterocycles. The molecule has 0 aliphatic heterocycles. The molecule has 1 saturated carbocycles. The van der Waals surface area contributed by atoms with E-state index in [-0.39, 0.29) is 12.1 Å². The summed E-state index contributed by atoms with van der Waals surface area (Å²) in [4.78, 5) is 0. The Hall–Kier alpha value is -1.76. The number of hydrogen-bond acceptors (Lipinski definition) is 6. The Balaban J connectivity index is 1.91. The Labute approximate surface area is 85.1 Å². The van der Waals surface area contributed by atoms with Crippen LogP contribution in [0.2, 0.25) is 0 Å². The summed E-state index contributed by atoms with van der Waals surface area (Å²) in [5, 5.41) is 27.5. The first kappa shape index (κ1) is 8.54. The van der Waals surface area contributed by atoms with Crippen molar-refractivity contribution in [1.29, 1.82) is 0 Å². The molecule has 2 aromatic heterocycles. The van der Waals surface area contributed by atoms with Crippen LogP contribution in [0.4, 0.5) is 5.82 Å². The highest BCUT2D eigenvalue weighted by Gasteiger charge is 2.42. The zero-order valence-corrected chi connectivity index (χ0v) is 7.96. The number of anilines is 1. The lowest BCUT2D eigenvalue weighted by Crippen LogP contribution is -2.26. The monoisotopic (exact) mass is 206 g/mol. The minimum absolute atomic E-state index is 0.127. The van der Waals surface area contributed by atoms with Crippen LogP contribution < -0.4 is 5.32 Å². The fourth-order valence-electron chi connectivity index (χ4n) is 1.46. The quantitative estimate of drug-likeness (QED) is 0.701. The lowest BCUT2D eigenvalue weighted by molar-refractivity contribution is 0.266. The van der Waals surface area contributed by atoms with E-state index in [2.05, 4.69) is 25.9 Å². The first-order chi connectivity index (χ1) is 7.31. The van der Waals surface area contributed by atoms with Gasteiger partial charge in [-0.25, -0.2) is 0 Å². The second-order valence-corrected chi connectivity index (χ2v) is 3.81. The molecule has 2 N–H and O–H groups in total.